The summed E-state index contributed by atoms with van der Waals surface area (Å²) in [5.41, 5.74) is 0.225. The quantitative estimate of drug-likeness (QED) is 0.715. The van der Waals surface area contributed by atoms with Crippen LogP contribution in [-0.4, -0.2) is 66.8 Å². The number of halogens is 4. The van der Waals surface area contributed by atoms with Gasteiger partial charge in [0, 0.05) is 49.0 Å². The monoisotopic (exact) mass is 451 g/mol. The molecule has 0 spiro atoms. The summed E-state index contributed by atoms with van der Waals surface area (Å²) in [4.78, 5) is 30.7. The number of hydrogen-bond donors (Lipinski definition) is 0. The summed E-state index contributed by atoms with van der Waals surface area (Å²) in [5, 5.41) is 0.562. The van der Waals surface area contributed by atoms with E-state index in [1.807, 2.05) is 4.90 Å². The molecule has 9 heteroatoms. The molecule has 1 amide bonds. The van der Waals surface area contributed by atoms with E-state index in [1.54, 1.807) is 40.1 Å². The van der Waals surface area contributed by atoms with Crippen LogP contribution < -0.4 is 4.90 Å². The molecule has 5 nitrogen and oxygen atoms in total. The van der Waals surface area contributed by atoms with E-state index < -0.39 is 11.7 Å². The molecule has 2 fully saturated rings. The van der Waals surface area contributed by atoms with E-state index in [0.717, 1.165) is 12.1 Å². The predicted octanol–water partition coefficient (Wildman–Crippen LogP) is 3.57. The number of amides is 1. The number of rotatable bonds is 3. The van der Waals surface area contributed by atoms with Crippen molar-refractivity contribution in [2.24, 2.45) is 0 Å². The molecule has 0 N–H and O–H groups in total. The van der Waals surface area contributed by atoms with Crippen molar-refractivity contribution in [2.45, 2.75) is 12.2 Å². The molecule has 31 heavy (non-hydrogen) atoms. The highest BCUT2D eigenvalue weighted by molar-refractivity contribution is 6.30. The van der Waals surface area contributed by atoms with Gasteiger partial charge in [-0.05, 0) is 42.5 Å². The zero-order valence-corrected chi connectivity index (χ0v) is 17.4. The van der Waals surface area contributed by atoms with E-state index in [9.17, 15) is 22.8 Å². The minimum absolute atomic E-state index is 0.0186. The number of Topliss-reactive ketones (excluding diaryl/α,β-unsaturated/α-hetero) is 1. The van der Waals surface area contributed by atoms with Gasteiger partial charge in [-0.3, -0.25) is 14.5 Å². The molecule has 1 atom stereocenters. The van der Waals surface area contributed by atoms with E-state index in [4.69, 9.17) is 11.6 Å². The number of ketones is 1. The molecule has 2 aromatic rings. The van der Waals surface area contributed by atoms with Crippen LogP contribution in [0.2, 0.25) is 5.02 Å². The summed E-state index contributed by atoms with van der Waals surface area (Å²) in [7, 11) is 0. The topological polar surface area (TPSA) is 43.9 Å². The maximum absolute atomic E-state index is 13.0. The van der Waals surface area contributed by atoms with E-state index in [0.29, 0.717) is 49.0 Å². The van der Waals surface area contributed by atoms with Gasteiger partial charge < -0.3 is 9.80 Å². The van der Waals surface area contributed by atoms with Crippen molar-refractivity contribution in [3.05, 3.63) is 64.7 Å². The number of carbonyl (C=O) groups excluding carboxylic acids is 2. The SMILES string of the molecule is O=C1CN(c2cccc(C(F)(F)F)c2)C[C@H]1N1CCN(C(=O)c2ccc(Cl)cc2)CC1. The third kappa shape index (κ3) is 4.70. The molecule has 2 saturated heterocycles. The zero-order valence-electron chi connectivity index (χ0n) is 16.6. The van der Waals surface area contributed by atoms with Crippen molar-refractivity contribution in [3.8, 4) is 0 Å². The second kappa shape index (κ2) is 8.51. The van der Waals surface area contributed by atoms with E-state index >= 15 is 0 Å². The number of carbonyl (C=O) groups is 2. The lowest BCUT2D eigenvalue weighted by molar-refractivity contribution is -0.137. The number of hydrogen-bond acceptors (Lipinski definition) is 4. The maximum atomic E-state index is 13.0. The number of alkyl halides is 3. The third-order valence-corrected chi connectivity index (χ3v) is 6.04. The molecular weight excluding hydrogens is 431 g/mol. The molecule has 2 aromatic carbocycles. The summed E-state index contributed by atoms with van der Waals surface area (Å²) in [6.07, 6.45) is -4.42. The number of anilines is 1. The Bertz CT molecular complexity index is 973. The van der Waals surface area contributed by atoms with Crippen LogP contribution >= 0.6 is 11.6 Å². The standard InChI is InChI=1S/C22H21ClF3N3O2/c23-17-6-4-15(5-7-17)21(31)28-10-8-27(9-11-28)19-13-29(14-20(19)30)18-3-1-2-16(12-18)22(24,25)26/h1-7,12,19H,8-11,13-14H2/t19-/m1/s1. The molecule has 0 saturated carbocycles. The van der Waals surface area contributed by atoms with Crippen molar-refractivity contribution in [2.75, 3.05) is 44.2 Å². The summed E-state index contributed by atoms with van der Waals surface area (Å²) in [6.45, 7) is 2.45. The van der Waals surface area contributed by atoms with Gasteiger partial charge in [0.15, 0.2) is 5.78 Å². The predicted molar refractivity (Wildman–Crippen MR) is 111 cm³/mol. The molecule has 0 bridgehead atoms. The first-order valence-corrected chi connectivity index (χ1v) is 10.3. The second-order valence-electron chi connectivity index (χ2n) is 7.75. The van der Waals surface area contributed by atoms with Crippen LogP contribution in [0, 0.1) is 0 Å². The first kappa shape index (κ1) is 21.6. The smallest absolute Gasteiger partial charge is 0.362 e. The molecule has 2 aliphatic heterocycles. The lowest BCUT2D eigenvalue weighted by Crippen LogP contribution is -2.54. The first-order chi connectivity index (χ1) is 14.7. The Kier molecular flexibility index (Phi) is 5.94. The average Bonchev–Trinajstić information content (AvgIpc) is 3.15. The fraction of sp³-hybridized carbons (Fsp3) is 0.364. The van der Waals surface area contributed by atoms with Crippen LogP contribution in [0.25, 0.3) is 0 Å². The van der Waals surface area contributed by atoms with E-state index in [2.05, 4.69) is 0 Å². The van der Waals surface area contributed by atoms with Gasteiger partial charge in [0.25, 0.3) is 5.91 Å². The molecule has 0 aromatic heterocycles. The Morgan fingerprint density at radius 2 is 1.68 bits per heavy atom. The van der Waals surface area contributed by atoms with Gasteiger partial charge in [0.05, 0.1) is 18.2 Å². The van der Waals surface area contributed by atoms with Crippen molar-refractivity contribution in [1.29, 1.82) is 0 Å². The molecular formula is C22H21ClF3N3O2. The Morgan fingerprint density at radius 1 is 1.00 bits per heavy atom. The second-order valence-corrected chi connectivity index (χ2v) is 8.18. The normalized spacial score (nSPS) is 20.4. The van der Waals surface area contributed by atoms with Crippen molar-refractivity contribution in [3.63, 3.8) is 0 Å². The molecule has 164 valence electrons. The van der Waals surface area contributed by atoms with Gasteiger partial charge in [-0.25, -0.2) is 0 Å². The lowest BCUT2D eigenvalue weighted by atomic mass is 10.1. The van der Waals surface area contributed by atoms with Crippen LogP contribution in [-0.2, 0) is 11.0 Å². The van der Waals surface area contributed by atoms with Crippen LogP contribution in [0.4, 0.5) is 18.9 Å². The number of benzene rings is 2. The molecule has 0 aliphatic carbocycles. The number of piperazine rings is 1. The van der Waals surface area contributed by atoms with Gasteiger partial charge in [-0.15, -0.1) is 0 Å². The highest BCUT2D eigenvalue weighted by Gasteiger charge is 2.38. The van der Waals surface area contributed by atoms with E-state index in [-0.39, 0.29) is 24.3 Å². The number of nitrogens with zero attached hydrogens (tertiary/aromatic N) is 3. The lowest BCUT2D eigenvalue weighted by Gasteiger charge is -2.37. The van der Waals surface area contributed by atoms with Crippen LogP contribution in [0.1, 0.15) is 15.9 Å². The highest BCUT2D eigenvalue weighted by Crippen LogP contribution is 2.32. The van der Waals surface area contributed by atoms with Crippen LogP contribution in [0.5, 0.6) is 0 Å². The molecule has 2 aliphatic rings. The first-order valence-electron chi connectivity index (χ1n) is 9.96. The highest BCUT2D eigenvalue weighted by atomic mass is 35.5. The van der Waals surface area contributed by atoms with Crippen LogP contribution in [0.15, 0.2) is 48.5 Å². The minimum atomic E-state index is -4.42. The summed E-state index contributed by atoms with van der Waals surface area (Å²) in [5.74, 6) is -0.102. The van der Waals surface area contributed by atoms with Crippen molar-refractivity contribution in [1.82, 2.24) is 9.80 Å². The molecule has 2 heterocycles. The van der Waals surface area contributed by atoms with Crippen molar-refractivity contribution < 1.29 is 22.8 Å². The van der Waals surface area contributed by atoms with Crippen molar-refractivity contribution >= 4 is 29.0 Å². The van der Waals surface area contributed by atoms with Gasteiger partial charge in [0.2, 0.25) is 0 Å². The maximum Gasteiger partial charge on any atom is 0.416 e. The Balaban J connectivity index is 1.38. The third-order valence-electron chi connectivity index (χ3n) is 5.78. The molecule has 0 radical (unpaired) electrons. The largest absolute Gasteiger partial charge is 0.416 e. The summed E-state index contributed by atoms with van der Waals surface area (Å²) >= 11 is 5.87. The Morgan fingerprint density at radius 3 is 2.32 bits per heavy atom. The van der Waals surface area contributed by atoms with Crippen LogP contribution in [0.3, 0.4) is 0 Å². The molecule has 0 unspecified atom stereocenters. The molecule has 4 rings (SSSR count). The average molecular weight is 452 g/mol. The summed E-state index contributed by atoms with van der Waals surface area (Å²) < 4.78 is 39.0. The minimum Gasteiger partial charge on any atom is -0.362 e. The van der Waals surface area contributed by atoms with Gasteiger partial charge >= 0.3 is 6.18 Å². The van der Waals surface area contributed by atoms with E-state index in [1.165, 1.54) is 6.07 Å². The Labute approximate surface area is 183 Å². The summed E-state index contributed by atoms with van der Waals surface area (Å²) in [6, 6.07) is 11.4. The van der Waals surface area contributed by atoms with Gasteiger partial charge in [0.1, 0.15) is 0 Å². The Hall–Kier alpha value is -2.58. The fourth-order valence-corrected chi connectivity index (χ4v) is 4.20. The van der Waals surface area contributed by atoms with Gasteiger partial charge in [-0.2, -0.15) is 13.2 Å². The van der Waals surface area contributed by atoms with Gasteiger partial charge in [-0.1, -0.05) is 17.7 Å². The zero-order chi connectivity index (χ0) is 22.2. The fourth-order valence-electron chi connectivity index (χ4n) is 4.08.